The Hall–Kier alpha value is -5.46. The van der Waals surface area contributed by atoms with Crippen molar-refractivity contribution < 1.29 is 37.4 Å². The molecule has 0 radical (unpaired) electrons. The zero-order valence-corrected chi connectivity index (χ0v) is 27.7. The van der Waals surface area contributed by atoms with Crippen LogP contribution in [0.15, 0.2) is 108 Å². The van der Waals surface area contributed by atoms with Gasteiger partial charge in [-0.2, -0.15) is 0 Å². The van der Waals surface area contributed by atoms with E-state index in [9.17, 15) is 22.8 Å². The summed E-state index contributed by atoms with van der Waals surface area (Å²) in [5.41, 5.74) is 2.71. The Labute approximate surface area is 287 Å². The van der Waals surface area contributed by atoms with Crippen LogP contribution >= 0.6 is 11.6 Å². The maximum atomic E-state index is 12.9. The fourth-order valence-corrected chi connectivity index (χ4v) is 6.29. The first-order valence-electron chi connectivity index (χ1n) is 15.2. The van der Waals surface area contributed by atoms with E-state index in [0.717, 1.165) is 16.6 Å². The number of halogens is 1. The SMILES string of the molecule is O=C(O)COc1ccc(CCCS(=O)(=O)c2ccc(Cl)cc2)cc1NC(=O)CNC(=O)c1cccc(OCc2ccc3ccccc3n2)c1. The van der Waals surface area contributed by atoms with E-state index in [1.807, 2.05) is 36.4 Å². The molecule has 1 aromatic heterocycles. The van der Waals surface area contributed by atoms with Gasteiger partial charge in [-0.25, -0.2) is 18.2 Å². The number of nitrogens with one attached hydrogen (secondary N) is 2. The molecule has 5 aromatic rings. The summed E-state index contributed by atoms with van der Waals surface area (Å²) in [4.78, 5) is 41.6. The van der Waals surface area contributed by atoms with Gasteiger partial charge < -0.3 is 25.2 Å². The number of carboxylic acids is 1. The molecule has 0 fully saturated rings. The Morgan fingerprint density at radius 3 is 2.45 bits per heavy atom. The van der Waals surface area contributed by atoms with Gasteiger partial charge in [0, 0.05) is 16.0 Å². The van der Waals surface area contributed by atoms with Crippen molar-refractivity contribution in [2.24, 2.45) is 0 Å². The average Bonchev–Trinajstić information content (AvgIpc) is 3.09. The predicted octanol–water partition coefficient (Wildman–Crippen LogP) is 5.71. The first kappa shape index (κ1) is 34.9. The molecule has 0 bridgehead atoms. The van der Waals surface area contributed by atoms with Gasteiger partial charge >= 0.3 is 5.97 Å². The second kappa shape index (κ2) is 16.1. The summed E-state index contributed by atoms with van der Waals surface area (Å²) in [6.07, 6.45) is 0.631. The molecule has 13 heteroatoms. The summed E-state index contributed by atoms with van der Waals surface area (Å²) in [6.45, 7) is -0.845. The lowest BCUT2D eigenvalue weighted by atomic mass is 10.1. The Bertz CT molecular complexity index is 2090. The number of carboxylic acid groups (broad SMARTS) is 1. The topological polar surface area (TPSA) is 161 Å². The highest BCUT2D eigenvalue weighted by molar-refractivity contribution is 7.91. The molecule has 49 heavy (non-hydrogen) atoms. The average molecular weight is 702 g/mol. The zero-order chi connectivity index (χ0) is 34.8. The Balaban J connectivity index is 1.17. The van der Waals surface area contributed by atoms with Crippen LogP contribution in [0.5, 0.6) is 11.5 Å². The Morgan fingerprint density at radius 1 is 0.857 bits per heavy atom. The van der Waals surface area contributed by atoms with Crippen LogP contribution < -0.4 is 20.1 Å². The van der Waals surface area contributed by atoms with Crippen molar-refractivity contribution in [2.45, 2.75) is 24.3 Å². The molecule has 11 nitrogen and oxygen atoms in total. The van der Waals surface area contributed by atoms with Gasteiger partial charge in [0.15, 0.2) is 16.4 Å². The number of rotatable bonds is 15. The van der Waals surface area contributed by atoms with Crippen LogP contribution in [0.25, 0.3) is 10.9 Å². The highest BCUT2D eigenvalue weighted by atomic mass is 35.5. The number of carbonyl (C=O) groups excluding carboxylic acids is 2. The van der Waals surface area contributed by atoms with Crippen LogP contribution in [0.1, 0.15) is 28.0 Å². The fourth-order valence-electron chi connectivity index (χ4n) is 4.85. The predicted molar refractivity (Wildman–Crippen MR) is 185 cm³/mol. The quantitative estimate of drug-likeness (QED) is 0.124. The van der Waals surface area contributed by atoms with E-state index in [4.69, 9.17) is 26.2 Å². The molecular weight excluding hydrogens is 670 g/mol. The number of anilines is 1. The van der Waals surface area contributed by atoms with Gasteiger partial charge in [-0.05, 0) is 85.1 Å². The van der Waals surface area contributed by atoms with Gasteiger partial charge in [0.05, 0.1) is 34.1 Å². The number of hydrogen-bond acceptors (Lipinski definition) is 8. The number of sulfone groups is 1. The summed E-state index contributed by atoms with van der Waals surface area (Å²) in [5, 5.41) is 15.7. The first-order chi connectivity index (χ1) is 23.6. The maximum absolute atomic E-state index is 12.9. The van der Waals surface area contributed by atoms with E-state index < -0.39 is 40.8 Å². The molecule has 252 valence electrons. The van der Waals surface area contributed by atoms with Crippen LogP contribution in [-0.2, 0) is 32.5 Å². The van der Waals surface area contributed by atoms with E-state index in [1.165, 1.54) is 30.3 Å². The lowest BCUT2D eigenvalue weighted by molar-refractivity contribution is -0.139. The monoisotopic (exact) mass is 701 g/mol. The minimum atomic E-state index is -3.54. The molecule has 0 aliphatic carbocycles. The first-order valence-corrected chi connectivity index (χ1v) is 17.2. The number of fused-ring (bicyclic) bond motifs is 1. The van der Waals surface area contributed by atoms with E-state index in [2.05, 4.69) is 15.6 Å². The largest absolute Gasteiger partial charge is 0.487 e. The number of nitrogens with zero attached hydrogens (tertiary/aromatic N) is 1. The van der Waals surface area contributed by atoms with Crippen LogP contribution in [0.4, 0.5) is 5.69 Å². The number of aryl methyl sites for hydroxylation is 1. The number of ether oxygens (including phenoxy) is 2. The molecular formula is C36H32ClN3O8S. The van der Waals surface area contributed by atoms with E-state index in [1.54, 1.807) is 36.4 Å². The number of aliphatic carboxylic acids is 1. The Morgan fingerprint density at radius 2 is 1.65 bits per heavy atom. The van der Waals surface area contributed by atoms with Crippen LogP contribution in [0.3, 0.4) is 0 Å². The van der Waals surface area contributed by atoms with Gasteiger partial charge in [0.1, 0.15) is 18.1 Å². The maximum Gasteiger partial charge on any atom is 0.341 e. The lowest BCUT2D eigenvalue weighted by Crippen LogP contribution is -2.33. The molecule has 0 aliphatic rings. The van der Waals surface area contributed by atoms with Crippen molar-refractivity contribution in [3.63, 3.8) is 0 Å². The summed E-state index contributed by atoms with van der Waals surface area (Å²) in [7, 11) is -3.54. The van der Waals surface area contributed by atoms with Crippen molar-refractivity contribution in [3.05, 3.63) is 125 Å². The minimum absolute atomic E-state index is 0.102. The van der Waals surface area contributed by atoms with Crippen molar-refractivity contribution in [1.29, 1.82) is 0 Å². The third-order valence-corrected chi connectivity index (χ3v) is 9.34. The normalized spacial score (nSPS) is 11.1. The number of benzene rings is 4. The summed E-state index contributed by atoms with van der Waals surface area (Å²) < 4.78 is 36.6. The molecule has 1 heterocycles. The van der Waals surface area contributed by atoms with Gasteiger partial charge in [0.2, 0.25) is 5.91 Å². The summed E-state index contributed by atoms with van der Waals surface area (Å²) in [5.74, 6) is -1.88. The van der Waals surface area contributed by atoms with Crippen molar-refractivity contribution >= 4 is 55.8 Å². The van der Waals surface area contributed by atoms with Crippen molar-refractivity contribution in [2.75, 3.05) is 24.2 Å². The molecule has 0 atom stereocenters. The number of carbonyl (C=O) groups is 3. The molecule has 3 N–H and O–H groups in total. The van der Waals surface area contributed by atoms with Crippen LogP contribution in [0, 0.1) is 0 Å². The lowest BCUT2D eigenvalue weighted by Gasteiger charge is -2.14. The molecule has 0 spiro atoms. The van der Waals surface area contributed by atoms with Crippen LogP contribution in [0.2, 0.25) is 5.02 Å². The minimum Gasteiger partial charge on any atom is -0.487 e. The highest BCUT2D eigenvalue weighted by Crippen LogP contribution is 2.27. The summed E-state index contributed by atoms with van der Waals surface area (Å²) in [6, 6.07) is 28.8. The molecule has 0 aliphatic heterocycles. The van der Waals surface area contributed by atoms with Gasteiger partial charge in [-0.15, -0.1) is 0 Å². The van der Waals surface area contributed by atoms with Crippen molar-refractivity contribution in [3.8, 4) is 11.5 Å². The second-order valence-electron chi connectivity index (χ2n) is 10.9. The van der Waals surface area contributed by atoms with Crippen molar-refractivity contribution in [1.82, 2.24) is 10.3 Å². The molecule has 5 rings (SSSR count). The molecule has 0 saturated carbocycles. The number of aromatic nitrogens is 1. The number of hydrogen-bond donors (Lipinski definition) is 3. The van der Waals surface area contributed by atoms with E-state index in [0.29, 0.717) is 22.8 Å². The number of para-hydroxylation sites is 1. The molecule has 4 aromatic carbocycles. The number of amides is 2. The van der Waals surface area contributed by atoms with Gasteiger partial charge in [-0.3, -0.25) is 9.59 Å². The van der Waals surface area contributed by atoms with Crippen LogP contribution in [-0.4, -0.2) is 55.2 Å². The third-order valence-electron chi connectivity index (χ3n) is 7.27. The molecule has 2 amide bonds. The summed E-state index contributed by atoms with van der Waals surface area (Å²) >= 11 is 5.86. The molecule has 0 unspecified atom stereocenters. The van der Waals surface area contributed by atoms with Gasteiger partial charge in [-0.1, -0.05) is 48.0 Å². The number of pyridine rings is 1. The second-order valence-corrected chi connectivity index (χ2v) is 13.5. The zero-order valence-electron chi connectivity index (χ0n) is 26.1. The van der Waals surface area contributed by atoms with E-state index >= 15 is 0 Å². The standard InChI is InChI=1S/C36H32ClN3O8S/c37-27-12-15-30(16-13-27)49(45,46)18-4-5-24-10-17-33(48-23-35(42)43)32(19-24)40-34(41)21-38-36(44)26-7-3-8-29(20-26)47-22-28-14-11-25-6-1-2-9-31(25)39-28/h1-3,6-17,19-20H,4-5,18,21-23H2,(H,38,44)(H,40,41)(H,42,43). The smallest absolute Gasteiger partial charge is 0.341 e. The van der Waals surface area contributed by atoms with E-state index in [-0.39, 0.29) is 40.7 Å². The highest BCUT2D eigenvalue weighted by Gasteiger charge is 2.16. The molecule has 0 saturated heterocycles. The Kier molecular flexibility index (Phi) is 11.4. The third kappa shape index (κ3) is 10.0. The fraction of sp³-hybridized carbons (Fsp3) is 0.167. The van der Waals surface area contributed by atoms with Gasteiger partial charge in [0.25, 0.3) is 5.91 Å².